The van der Waals surface area contributed by atoms with E-state index in [1.807, 2.05) is 19.1 Å². The van der Waals surface area contributed by atoms with Crippen molar-refractivity contribution in [3.05, 3.63) is 82.1 Å². The fraction of sp³-hybridized carbons (Fsp3) is 0.143. The number of rotatable bonds is 5. The molecule has 1 aromatic heterocycles. The first-order valence-corrected chi connectivity index (χ1v) is 9.08. The number of nitrogens with one attached hydrogen (secondary N) is 1. The average molecular weight is 366 g/mol. The van der Waals surface area contributed by atoms with E-state index in [9.17, 15) is 9.18 Å². The molecule has 0 aliphatic carbocycles. The maximum atomic E-state index is 12.9. The Bertz CT molecular complexity index is 945. The van der Waals surface area contributed by atoms with Gasteiger partial charge in [-0.05, 0) is 43.2 Å². The summed E-state index contributed by atoms with van der Waals surface area (Å²) in [5.41, 5.74) is 4.00. The normalized spacial score (nSPS) is 11.0. The Balaban J connectivity index is 1.64. The zero-order valence-corrected chi connectivity index (χ0v) is 15.4. The van der Waals surface area contributed by atoms with Crippen molar-refractivity contribution in [1.29, 1.82) is 0 Å². The van der Waals surface area contributed by atoms with Gasteiger partial charge in [-0.25, -0.2) is 9.37 Å². The van der Waals surface area contributed by atoms with E-state index in [1.165, 1.54) is 23.8 Å². The molecule has 2 aromatic carbocycles. The lowest BCUT2D eigenvalue weighted by atomic mass is 10.1. The summed E-state index contributed by atoms with van der Waals surface area (Å²) < 4.78 is 12.9. The number of carbonyl (C=O) groups excluding carboxylic acids is 1. The van der Waals surface area contributed by atoms with Crippen LogP contribution in [0.25, 0.3) is 16.6 Å². The van der Waals surface area contributed by atoms with Gasteiger partial charge in [0.1, 0.15) is 10.8 Å². The number of halogens is 1. The predicted molar refractivity (Wildman–Crippen MR) is 104 cm³/mol. The van der Waals surface area contributed by atoms with Crippen LogP contribution < -0.4 is 5.32 Å². The van der Waals surface area contributed by atoms with Gasteiger partial charge >= 0.3 is 0 Å². The largest absolute Gasteiger partial charge is 0.348 e. The summed E-state index contributed by atoms with van der Waals surface area (Å²) in [5.74, 6) is -0.490. The molecule has 3 nitrogen and oxygen atoms in total. The van der Waals surface area contributed by atoms with Crippen LogP contribution in [-0.2, 0) is 11.3 Å². The lowest BCUT2D eigenvalue weighted by Gasteiger charge is -2.01. The summed E-state index contributed by atoms with van der Waals surface area (Å²) in [7, 11) is 0. The zero-order valence-electron chi connectivity index (χ0n) is 14.6. The molecule has 0 spiro atoms. The van der Waals surface area contributed by atoms with Crippen LogP contribution in [0.3, 0.4) is 0 Å². The molecule has 0 fully saturated rings. The van der Waals surface area contributed by atoms with Crippen molar-refractivity contribution in [3.8, 4) is 10.6 Å². The Morgan fingerprint density at radius 3 is 2.62 bits per heavy atom. The van der Waals surface area contributed by atoms with Gasteiger partial charge in [-0.1, -0.05) is 36.4 Å². The van der Waals surface area contributed by atoms with Gasteiger partial charge in [-0.2, -0.15) is 0 Å². The van der Waals surface area contributed by atoms with Gasteiger partial charge in [0.25, 0.3) is 0 Å². The summed E-state index contributed by atoms with van der Waals surface area (Å²) in [6, 6.07) is 14.1. The minimum absolute atomic E-state index is 0.195. The third kappa shape index (κ3) is 4.43. The van der Waals surface area contributed by atoms with Crippen LogP contribution in [0.2, 0.25) is 0 Å². The molecule has 0 saturated heterocycles. The summed E-state index contributed by atoms with van der Waals surface area (Å²) in [6.07, 6.45) is 3.11. The molecule has 0 bridgehead atoms. The fourth-order valence-electron chi connectivity index (χ4n) is 2.49. The molecule has 0 unspecified atom stereocenters. The number of carbonyl (C=O) groups is 1. The highest BCUT2D eigenvalue weighted by Gasteiger charge is 2.11. The van der Waals surface area contributed by atoms with Crippen LogP contribution in [0.5, 0.6) is 0 Å². The van der Waals surface area contributed by atoms with Crippen LogP contribution >= 0.6 is 11.3 Å². The van der Waals surface area contributed by atoms with Gasteiger partial charge < -0.3 is 5.32 Å². The second-order valence-corrected chi connectivity index (χ2v) is 7.03. The second-order valence-electron chi connectivity index (χ2n) is 5.95. The third-order valence-electron chi connectivity index (χ3n) is 3.99. The fourth-order valence-corrected chi connectivity index (χ4v) is 3.58. The number of hydrogen-bond acceptors (Lipinski definition) is 3. The molecule has 1 amide bonds. The van der Waals surface area contributed by atoms with E-state index in [0.29, 0.717) is 6.54 Å². The van der Waals surface area contributed by atoms with Crippen molar-refractivity contribution in [3.63, 3.8) is 0 Å². The van der Waals surface area contributed by atoms with Crippen molar-refractivity contribution in [2.75, 3.05) is 0 Å². The van der Waals surface area contributed by atoms with Gasteiger partial charge in [0, 0.05) is 16.5 Å². The van der Waals surface area contributed by atoms with Gasteiger partial charge in [0.2, 0.25) is 5.91 Å². The first-order chi connectivity index (χ1) is 12.5. The topological polar surface area (TPSA) is 42.0 Å². The van der Waals surface area contributed by atoms with Crippen molar-refractivity contribution in [1.82, 2.24) is 10.3 Å². The lowest BCUT2D eigenvalue weighted by Crippen LogP contribution is -2.20. The minimum Gasteiger partial charge on any atom is -0.348 e. The molecule has 0 radical (unpaired) electrons. The van der Waals surface area contributed by atoms with Crippen LogP contribution in [0.15, 0.2) is 54.6 Å². The molecule has 1 N–H and O–H groups in total. The van der Waals surface area contributed by atoms with E-state index < -0.39 is 0 Å². The molecule has 5 heteroatoms. The van der Waals surface area contributed by atoms with Crippen molar-refractivity contribution < 1.29 is 9.18 Å². The number of amides is 1. The highest BCUT2D eigenvalue weighted by molar-refractivity contribution is 7.15. The van der Waals surface area contributed by atoms with Gasteiger partial charge in [0.05, 0.1) is 12.2 Å². The van der Waals surface area contributed by atoms with Crippen molar-refractivity contribution >= 4 is 23.3 Å². The van der Waals surface area contributed by atoms with Crippen LogP contribution in [-0.4, -0.2) is 10.9 Å². The Morgan fingerprint density at radius 2 is 1.88 bits per heavy atom. The number of aromatic nitrogens is 1. The lowest BCUT2D eigenvalue weighted by molar-refractivity contribution is -0.116. The highest BCUT2D eigenvalue weighted by atomic mass is 32.1. The molecular weight excluding hydrogens is 347 g/mol. The predicted octanol–water partition coefficient (Wildman–Crippen LogP) is 4.90. The number of hydrogen-bond donors (Lipinski definition) is 1. The Kier molecular flexibility index (Phi) is 5.58. The quantitative estimate of drug-likeness (QED) is 0.653. The van der Waals surface area contributed by atoms with E-state index in [4.69, 9.17) is 0 Å². The molecule has 0 aliphatic rings. The average Bonchev–Trinajstić information content (AvgIpc) is 3.00. The van der Waals surface area contributed by atoms with Crippen LogP contribution in [0.4, 0.5) is 4.39 Å². The van der Waals surface area contributed by atoms with E-state index in [1.54, 1.807) is 29.5 Å². The van der Waals surface area contributed by atoms with Gasteiger partial charge in [-0.3, -0.25) is 4.79 Å². The zero-order chi connectivity index (χ0) is 18.5. The van der Waals surface area contributed by atoms with E-state index in [-0.39, 0.29) is 11.7 Å². The third-order valence-corrected chi connectivity index (χ3v) is 5.18. The molecular formula is C21H19FN2OS. The molecule has 26 heavy (non-hydrogen) atoms. The second kappa shape index (κ2) is 8.06. The number of thiazole rings is 1. The molecule has 0 atom stereocenters. The number of benzene rings is 2. The molecule has 3 rings (SSSR count). The summed E-state index contributed by atoms with van der Waals surface area (Å²) >= 11 is 1.59. The van der Waals surface area contributed by atoms with Crippen LogP contribution in [0.1, 0.15) is 21.7 Å². The molecule has 1 heterocycles. The Hall–Kier alpha value is -2.79. The molecule has 0 aliphatic heterocycles. The molecule has 132 valence electrons. The van der Waals surface area contributed by atoms with E-state index in [2.05, 4.69) is 29.4 Å². The smallest absolute Gasteiger partial charge is 0.244 e. The first-order valence-electron chi connectivity index (χ1n) is 8.27. The number of nitrogens with zero attached hydrogens (tertiary/aromatic N) is 1. The number of aryl methyl sites for hydroxylation is 2. The van der Waals surface area contributed by atoms with Gasteiger partial charge in [-0.15, -0.1) is 11.3 Å². The monoisotopic (exact) mass is 366 g/mol. The maximum absolute atomic E-state index is 12.9. The summed E-state index contributed by atoms with van der Waals surface area (Å²) in [6.45, 7) is 4.45. The summed E-state index contributed by atoms with van der Waals surface area (Å²) in [5, 5.41) is 3.84. The minimum atomic E-state index is -0.295. The Labute approximate surface area is 156 Å². The van der Waals surface area contributed by atoms with Crippen molar-refractivity contribution in [2.45, 2.75) is 20.4 Å². The molecule has 0 saturated carbocycles. The SMILES string of the molecule is Cc1ccccc1-c1nc(C)c(CNC(=O)/C=C/c2ccc(F)cc2)s1. The molecule has 3 aromatic rings. The van der Waals surface area contributed by atoms with E-state index >= 15 is 0 Å². The summed E-state index contributed by atoms with van der Waals surface area (Å²) in [4.78, 5) is 17.7. The Morgan fingerprint density at radius 1 is 1.15 bits per heavy atom. The van der Waals surface area contributed by atoms with Crippen molar-refractivity contribution in [2.24, 2.45) is 0 Å². The highest BCUT2D eigenvalue weighted by Crippen LogP contribution is 2.29. The standard InChI is InChI=1S/C21H19FN2OS/c1-14-5-3-4-6-18(14)21-24-15(2)19(26-21)13-23-20(25)12-9-16-7-10-17(22)11-8-16/h3-12H,13H2,1-2H3,(H,23,25)/b12-9+. The first kappa shape index (κ1) is 18.0. The van der Waals surface area contributed by atoms with E-state index in [0.717, 1.165) is 26.7 Å². The maximum Gasteiger partial charge on any atom is 0.244 e. The van der Waals surface area contributed by atoms with Gasteiger partial charge in [0.15, 0.2) is 0 Å². The van der Waals surface area contributed by atoms with Crippen LogP contribution in [0, 0.1) is 19.7 Å².